The number of rotatable bonds is 5. The van der Waals surface area contributed by atoms with Gasteiger partial charge in [0.1, 0.15) is 5.69 Å². The maximum Gasteiger partial charge on any atom is 0.339 e. The summed E-state index contributed by atoms with van der Waals surface area (Å²) in [5, 5.41) is 2.84. The van der Waals surface area contributed by atoms with Crippen molar-refractivity contribution in [2.75, 3.05) is 13.7 Å². The van der Waals surface area contributed by atoms with E-state index in [0.717, 1.165) is 9.21 Å². The third-order valence-electron chi connectivity index (χ3n) is 3.34. The maximum atomic E-state index is 12.2. The smallest absolute Gasteiger partial charge is 0.339 e. The van der Waals surface area contributed by atoms with Gasteiger partial charge in [0.2, 0.25) is 0 Å². The van der Waals surface area contributed by atoms with Crippen LogP contribution in [-0.4, -0.2) is 30.5 Å². The number of H-pyrrole nitrogens is 1. The molecule has 0 unspecified atom stereocenters. The number of carbonyl (C=O) groups excluding carboxylic acids is 2. The normalized spacial score (nSPS) is 10.5. The van der Waals surface area contributed by atoms with E-state index >= 15 is 0 Å². The number of nitrogens with one attached hydrogen (secondary N) is 2. The van der Waals surface area contributed by atoms with Crippen LogP contribution in [-0.2, 0) is 11.2 Å². The molecule has 22 heavy (non-hydrogen) atoms. The Hall–Kier alpha value is -1.79. The van der Waals surface area contributed by atoms with E-state index in [9.17, 15) is 9.59 Å². The van der Waals surface area contributed by atoms with Crippen LogP contribution in [0, 0.1) is 13.8 Å². The lowest BCUT2D eigenvalue weighted by molar-refractivity contribution is 0.0599. The number of ether oxygens (including phenoxy) is 1. The van der Waals surface area contributed by atoms with Crippen molar-refractivity contribution in [1.29, 1.82) is 0 Å². The maximum absolute atomic E-state index is 12.2. The lowest BCUT2D eigenvalue weighted by Gasteiger charge is -2.04. The summed E-state index contributed by atoms with van der Waals surface area (Å²) in [7, 11) is 1.32. The molecule has 0 aliphatic rings. The molecule has 0 aromatic carbocycles. The molecule has 0 bridgehead atoms. The minimum absolute atomic E-state index is 0.238. The number of amides is 1. The first kappa shape index (κ1) is 16.6. The quantitative estimate of drug-likeness (QED) is 0.821. The minimum atomic E-state index is -0.446. The summed E-state index contributed by atoms with van der Waals surface area (Å²) in [6.45, 7) is 3.97. The third kappa shape index (κ3) is 3.51. The Kier molecular flexibility index (Phi) is 5.26. The van der Waals surface area contributed by atoms with Crippen LogP contribution < -0.4 is 5.32 Å². The fraction of sp³-hybridized carbons (Fsp3) is 0.333. The number of aromatic nitrogens is 1. The molecular weight excluding hydrogens is 324 g/mol. The molecule has 1 amide bonds. The summed E-state index contributed by atoms with van der Waals surface area (Å²) in [6.07, 6.45) is 0.714. The van der Waals surface area contributed by atoms with Gasteiger partial charge in [-0.15, -0.1) is 11.3 Å². The second kappa shape index (κ2) is 6.98. The number of aryl methyl sites for hydroxylation is 1. The SMILES string of the molecule is COC(=O)c1c(C)[nH]c(C(=O)NCCc2ccc(Cl)s2)c1C. The van der Waals surface area contributed by atoms with Crippen molar-refractivity contribution in [2.24, 2.45) is 0 Å². The molecular formula is C15H17ClN2O3S. The van der Waals surface area contributed by atoms with Crippen molar-refractivity contribution in [1.82, 2.24) is 10.3 Å². The van der Waals surface area contributed by atoms with Gasteiger partial charge in [-0.25, -0.2) is 4.79 Å². The van der Waals surface area contributed by atoms with Crippen LogP contribution in [0.25, 0.3) is 0 Å². The standard InChI is InChI=1S/C15H17ClN2O3S/c1-8-12(15(20)21-3)9(2)18-13(8)14(19)17-7-6-10-4-5-11(16)22-10/h4-5,18H,6-7H2,1-3H3,(H,17,19). The van der Waals surface area contributed by atoms with Crippen molar-refractivity contribution in [3.8, 4) is 0 Å². The van der Waals surface area contributed by atoms with Gasteiger partial charge < -0.3 is 15.0 Å². The second-order valence-corrected chi connectivity index (χ2v) is 6.63. The molecule has 0 saturated carbocycles. The molecule has 0 radical (unpaired) electrons. The zero-order valence-corrected chi connectivity index (χ0v) is 14.2. The van der Waals surface area contributed by atoms with Crippen molar-refractivity contribution >= 4 is 34.8 Å². The number of esters is 1. The van der Waals surface area contributed by atoms with Gasteiger partial charge in [0, 0.05) is 17.1 Å². The van der Waals surface area contributed by atoms with Gasteiger partial charge in [-0.2, -0.15) is 0 Å². The molecule has 5 nitrogen and oxygen atoms in total. The van der Waals surface area contributed by atoms with Crippen LogP contribution in [0.1, 0.15) is 37.0 Å². The van der Waals surface area contributed by atoms with Gasteiger partial charge in [-0.05, 0) is 38.0 Å². The Morgan fingerprint density at radius 3 is 2.68 bits per heavy atom. The average molecular weight is 341 g/mol. The minimum Gasteiger partial charge on any atom is -0.465 e. The Bertz CT molecular complexity index is 706. The zero-order chi connectivity index (χ0) is 16.3. The first-order valence-electron chi connectivity index (χ1n) is 6.74. The zero-order valence-electron chi connectivity index (χ0n) is 12.6. The molecule has 2 aromatic heterocycles. The topological polar surface area (TPSA) is 71.2 Å². The number of aromatic amines is 1. The van der Waals surface area contributed by atoms with E-state index in [1.165, 1.54) is 18.4 Å². The number of thiophene rings is 1. The molecule has 118 valence electrons. The van der Waals surface area contributed by atoms with Gasteiger partial charge in [0.15, 0.2) is 0 Å². The largest absolute Gasteiger partial charge is 0.465 e. The molecule has 0 aliphatic heterocycles. The Labute approximate surface area is 137 Å². The highest BCUT2D eigenvalue weighted by Crippen LogP contribution is 2.22. The molecule has 0 spiro atoms. The van der Waals surface area contributed by atoms with Crippen LogP contribution in [0.5, 0.6) is 0 Å². The summed E-state index contributed by atoms with van der Waals surface area (Å²) < 4.78 is 5.47. The Morgan fingerprint density at radius 2 is 2.09 bits per heavy atom. The molecule has 0 atom stereocenters. The fourth-order valence-electron chi connectivity index (χ4n) is 2.26. The number of halogens is 1. The van der Waals surface area contributed by atoms with Crippen molar-refractivity contribution in [2.45, 2.75) is 20.3 Å². The predicted octanol–water partition coefficient (Wildman–Crippen LogP) is 3.11. The van der Waals surface area contributed by atoms with E-state index in [1.807, 2.05) is 12.1 Å². The molecule has 0 fully saturated rings. The van der Waals surface area contributed by atoms with Gasteiger partial charge in [-0.1, -0.05) is 11.6 Å². The predicted molar refractivity (Wildman–Crippen MR) is 87.0 cm³/mol. The first-order valence-corrected chi connectivity index (χ1v) is 7.93. The summed E-state index contributed by atoms with van der Waals surface area (Å²) in [5.41, 5.74) is 2.03. The first-order chi connectivity index (χ1) is 10.4. The van der Waals surface area contributed by atoms with E-state index in [-0.39, 0.29) is 5.91 Å². The van der Waals surface area contributed by atoms with Crippen LogP contribution in [0.4, 0.5) is 0 Å². The van der Waals surface area contributed by atoms with Gasteiger partial charge in [-0.3, -0.25) is 4.79 Å². The molecule has 2 aromatic rings. The van der Waals surface area contributed by atoms with Crippen LogP contribution >= 0.6 is 22.9 Å². The lowest BCUT2D eigenvalue weighted by Crippen LogP contribution is -2.26. The Morgan fingerprint density at radius 1 is 1.36 bits per heavy atom. The van der Waals surface area contributed by atoms with E-state index in [2.05, 4.69) is 10.3 Å². The van der Waals surface area contributed by atoms with Crippen molar-refractivity contribution < 1.29 is 14.3 Å². The fourth-order valence-corrected chi connectivity index (χ4v) is 3.35. The Balaban J connectivity index is 2.02. The van der Waals surface area contributed by atoms with Crippen LogP contribution in [0.3, 0.4) is 0 Å². The molecule has 2 heterocycles. The highest BCUT2D eigenvalue weighted by atomic mass is 35.5. The summed E-state index contributed by atoms with van der Waals surface area (Å²) in [5.74, 6) is -0.683. The average Bonchev–Trinajstić information content (AvgIpc) is 3.02. The van der Waals surface area contributed by atoms with E-state index in [1.54, 1.807) is 13.8 Å². The van der Waals surface area contributed by atoms with Gasteiger partial charge in [0.25, 0.3) is 5.91 Å². The van der Waals surface area contributed by atoms with Gasteiger partial charge in [0.05, 0.1) is 17.0 Å². The van der Waals surface area contributed by atoms with Crippen LogP contribution in [0.2, 0.25) is 4.34 Å². The summed E-state index contributed by atoms with van der Waals surface area (Å²) in [6, 6.07) is 3.78. The lowest BCUT2D eigenvalue weighted by atomic mass is 10.1. The van der Waals surface area contributed by atoms with E-state index in [0.29, 0.717) is 35.5 Å². The van der Waals surface area contributed by atoms with Crippen molar-refractivity contribution in [3.63, 3.8) is 0 Å². The number of hydrogen-bond donors (Lipinski definition) is 2. The highest BCUT2D eigenvalue weighted by Gasteiger charge is 2.22. The van der Waals surface area contributed by atoms with Gasteiger partial charge >= 0.3 is 5.97 Å². The number of hydrogen-bond acceptors (Lipinski definition) is 4. The van der Waals surface area contributed by atoms with E-state index < -0.39 is 5.97 Å². The second-order valence-electron chi connectivity index (χ2n) is 4.83. The summed E-state index contributed by atoms with van der Waals surface area (Å²) in [4.78, 5) is 28.0. The molecule has 2 N–H and O–H groups in total. The molecule has 7 heteroatoms. The number of carbonyl (C=O) groups is 2. The monoisotopic (exact) mass is 340 g/mol. The molecule has 0 aliphatic carbocycles. The number of methoxy groups -OCH3 is 1. The van der Waals surface area contributed by atoms with Crippen molar-refractivity contribution in [3.05, 3.63) is 43.9 Å². The summed E-state index contributed by atoms with van der Waals surface area (Å²) >= 11 is 7.36. The van der Waals surface area contributed by atoms with E-state index in [4.69, 9.17) is 16.3 Å². The third-order valence-corrected chi connectivity index (χ3v) is 4.63. The van der Waals surface area contributed by atoms with Crippen LogP contribution in [0.15, 0.2) is 12.1 Å². The highest BCUT2D eigenvalue weighted by molar-refractivity contribution is 7.16. The molecule has 0 saturated heterocycles. The molecule has 2 rings (SSSR count).